The predicted octanol–water partition coefficient (Wildman–Crippen LogP) is 23.1. The SMILES string of the molecule is CCCCCCCCCCCC1(c2ccc3c(c2)c2cc(C4(CCCCCCCCCCC)OCCO4)ccc2n3CC#CC#CCn2c3ccc(C4(CCCCCCCCCCC)OCCO4)cc3c3cc(C4(CCCCCCCCCCC)OCCO4)ccc32)OCCO1. The van der Waals surface area contributed by atoms with Gasteiger partial charge in [-0.25, -0.2) is 0 Å². The lowest BCUT2D eigenvalue weighted by Crippen LogP contribution is -2.27. The van der Waals surface area contributed by atoms with Gasteiger partial charge in [-0.2, -0.15) is 0 Å². The van der Waals surface area contributed by atoms with Gasteiger partial charge in [0.2, 0.25) is 0 Å². The third-order valence-corrected chi connectivity index (χ3v) is 21.7. The number of fused-ring (bicyclic) bond motifs is 6. The molecule has 0 radical (unpaired) electrons. The van der Waals surface area contributed by atoms with Gasteiger partial charge in [-0.1, -0.05) is 269 Å². The number of unbranched alkanes of at least 4 members (excludes halogenated alkanes) is 32. The summed E-state index contributed by atoms with van der Waals surface area (Å²) in [6, 6.07) is 27.5. The largest absolute Gasteiger partial charge is 0.343 e. The number of aromatic nitrogens is 2. The Morgan fingerprint density at radius 1 is 0.260 bits per heavy atom. The van der Waals surface area contributed by atoms with Crippen LogP contribution in [0.15, 0.2) is 72.8 Å². The van der Waals surface area contributed by atoms with E-state index in [1.165, 1.54) is 205 Å². The molecule has 0 amide bonds. The molecule has 526 valence electrons. The average Bonchev–Trinajstić information content (AvgIpc) is 1.58. The van der Waals surface area contributed by atoms with Crippen molar-refractivity contribution in [1.82, 2.24) is 9.13 Å². The van der Waals surface area contributed by atoms with Gasteiger partial charge in [0.1, 0.15) is 0 Å². The van der Waals surface area contributed by atoms with Crippen LogP contribution in [0, 0.1) is 23.7 Å². The minimum atomic E-state index is -0.757. The summed E-state index contributed by atoms with van der Waals surface area (Å²) in [5, 5.41) is 4.66. The summed E-state index contributed by atoms with van der Waals surface area (Å²) in [7, 11) is 0. The lowest BCUT2D eigenvalue weighted by Gasteiger charge is -2.28. The summed E-state index contributed by atoms with van der Waals surface area (Å²) in [5.41, 5.74) is 8.86. The van der Waals surface area contributed by atoms with Crippen LogP contribution in [0.3, 0.4) is 0 Å². The molecule has 0 N–H and O–H groups in total. The van der Waals surface area contributed by atoms with Gasteiger partial charge in [0.15, 0.2) is 23.1 Å². The Morgan fingerprint density at radius 2 is 0.448 bits per heavy atom. The molecule has 6 aromatic rings. The number of rotatable bonds is 46. The predicted molar refractivity (Wildman–Crippen MR) is 396 cm³/mol. The molecular formula is C86H124N2O8. The first kappa shape index (κ1) is 74.0. The molecule has 6 heterocycles. The Hall–Kier alpha value is -4.72. The van der Waals surface area contributed by atoms with Crippen molar-refractivity contribution in [2.24, 2.45) is 0 Å². The van der Waals surface area contributed by atoms with Gasteiger partial charge in [0.05, 0.1) is 65.9 Å². The molecule has 0 unspecified atom stereocenters. The van der Waals surface area contributed by atoms with Gasteiger partial charge in [0.25, 0.3) is 0 Å². The lowest BCUT2D eigenvalue weighted by atomic mass is 9.94. The third-order valence-electron chi connectivity index (χ3n) is 21.7. The van der Waals surface area contributed by atoms with Crippen molar-refractivity contribution in [2.75, 3.05) is 52.9 Å². The van der Waals surface area contributed by atoms with Crippen LogP contribution in [0.1, 0.15) is 307 Å². The topological polar surface area (TPSA) is 83.7 Å². The van der Waals surface area contributed by atoms with Crippen molar-refractivity contribution in [3.63, 3.8) is 0 Å². The van der Waals surface area contributed by atoms with E-state index >= 15 is 0 Å². The highest BCUT2D eigenvalue weighted by Gasteiger charge is 2.42. The van der Waals surface area contributed by atoms with Gasteiger partial charge in [-0.3, -0.25) is 0 Å². The fraction of sp³-hybridized carbons (Fsp3) is 0.674. The van der Waals surface area contributed by atoms with E-state index in [0.29, 0.717) is 65.9 Å². The van der Waals surface area contributed by atoms with Crippen LogP contribution in [-0.2, 0) is 74.1 Å². The maximum Gasteiger partial charge on any atom is 0.195 e. The summed E-state index contributed by atoms with van der Waals surface area (Å²) in [6.45, 7) is 14.9. The third kappa shape index (κ3) is 19.6. The Labute approximate surface area is 580 Å². The summed E-state index contributed by atoms with van der Waals surface area (Å²) < 4.78 is 58.0. The van der Waals surface area contributed by atoms with Gasteiger partial charge in [-0.05, 0) is 86.1 Å². The number of ether oxygens (including phenoxy) is 8. The number of hydrogen-bond donors (Lipinski definition) is 0. The molecule has 0 saturated carbocycles. The van der Waals surface area contributed by atoms with E-state index in [0.717, 1.165) is 117 Å². The molecular weight excluding hydrogens is 1190 g/mol. The maximum atomic E-state index is 6.66. The Balaban J connectivity index is 0.912. The quantitative estimate of drug-likeness (QED) is 0.0276. The highest BCUT2D eigenvalue weighted by atomic mass is 16.8. The second-order valence-electron chi connectivity index (χ2n) is 28.8. The summed E-state index contributed by atoms with van der Waals surface area (Å²) in [4.78, 5) is 0. The second-order valence-corrected chi connectivity index (χ2v) is 28.8. The van der Waals surface area contributed by atoms with Gasteiger partial charge >= 0.3 is 0 Å². The van der Waals surface area contributed by atoms with Crippen LogP contribution in [-0.4, -0.2) is 62.0 Å². The van der Waals surface area contributed by atoms with Crippen LogP contribution < -0.4 is 0 Å². The van der Waals surface area contributed by atoms with E-state index in [9.17, 15) is 0 Å². The maximum absolute atomic E-state index is 6.66. The van der Waals surface area contributed by atoms with Crippen molar-refractivity contribution in [3.8, 4) is 23.7 Å². The fourth-order valence-corrected chi connectivity index (χ4v) is 16.1. The monoisotopic (exact) mass is 1310 g/mol. The number of hydrogen-bond acceptors (Lipinski definition) is 8. The van der Waals surface area contributed by atoms with Crippen LogP contribution >= 0.6 is 0 Å². The molecule has 0 aliphatic carbocycles. The molecule has 10 heteroatoms. The highest BCUT2D eigenvalue weighted by molar-refractivity contribution is 6.09. The first-order valence-electron chi connectivity index (χ1n) is 39.6. The van der Waals surface area contributed by atoms with E-state index in [1.807, 2.05) is 0 Å². The number of nitrogens with zero attached hydrogens (tertiary/aromatic N) is 2. The summed E-state index contributed by atoms with van der Waals surface area (Å²) in [6.07, 6.45) is 49.4. The van der Waals surface area contributed by atoms with E-state index in [-0.39, 0.29) is 0 Å². The molecule has 4 fully saturated rings. The minimum Gasteiger partial charge on any atom is -0.343 e. The Kier molecular flexibility index (Phi) is 30.3. The first-order valence-corrected chi connectivity index (χ1v) is 39.6. The fourth-order valence-electron chi connectivity index (χ4n) is 16.1. The normalized spacial score (nSPS) is 17.2. The van der Waals surface area contributed by atoms with Crippen LogP contribution in [0.25, 0.3) is 43.6 Å². The molecule has 10 nitrogen and oxygen atoms in total. The van der Waals surface area contributed by atoms with E-state index < -0.39 is 23.1 Å². The van der Waals surface area contributed by atoms with Gasteiger partial charge < -0.3 is 47.0 Å². The van der Waals surface area contributed by atoms with Crippen molar-refractivity contribution < 1.29 is 37.9 Å². The van der Waals surface area contributed by atoms with E-state index in [2.05, 4.69) is 133 Å². The van der Waals surface area contributed by atoms with Gasteiger partial charge in [0, 0.05) is 91.5 Å². The van der Waals surface area contributed by atoms with E-state index in [1.54, 1.807) is 0 Å². The number of benzene rings is 4. The lowest BCUT2D eigenvalue weighted by molar-refractivity contribution is -0.172. The first-order chi connectivity index (χ1) is 47.4. The zero-order valence-corrected chi connectivity index (χ0v) is 60.4. The van der Waals surface area contributed by atoms with Crippen molar-refractivity contribution in [2.45, 2.75) is 321 Å². The van der Waals surface area contributed by atoms with Gasteiger partial charge in [-0.15, -0.1) is 0 Å². The molecule has 10 rings (SSSR count). The van der Waals surface area contributed by atoms with Crippen molar-refractivity contribution in [3.05, 3.63) is 95.1 Å². The molecule has 0 atom stereocenters. The molecule has 0 spiro atoms. The molecule has 4 aliphatic heterocycles. The summed E-state index contributed by atoms with van der Waals surface area (Å²) >= 11 is 0. The van der Waals surface area contributed by atoms with Crippen molar-refractivity contribution in [1.29, 1.82) is 0 Å². The minimum absolute atomic E-state index is 0.483. The Morgan fingerprint density at radius 3 is 0.646 bits per heavy atom. The van der Waals surface area contributed by atoms with Crippen LogP contribution in [0.2, 0.25) is 0 Å². The molecule has 2 aromatic heterocycles. The molecule has 96 heavy (non-hydrogen) atoms. The van der Waals surface area contributed by atoms with Crippen LogP contribution in [0.4, 0.5) is 0 Å². The van der Waals surface area contributed by atoms with Crippen LogP contribution in [0.5, 0.6) is 0 Å². The molecule has 4 saturated heterocycles. The van der Waals surface area contributed by atoms with E-state index in [4.69, 9.17) is 37.9 Å². The standard InChI is InChI=1S/C86H124N2O8/c1-5-9-13-17-21-25-29-33-39-53-83(89-59-60-90-83)71-45-49-79-75(67-71)76-68-72(84(91-61-62-92-84)54-40-34-30-26-22-18-14-10-6-2)46-50-80(76)87(79)57-43-37-38-44-58-88-81-51-47-73(85(93-63-64-94-85)55-41-35-31-27-23-19-15-11-7-3)69-77(81)78-70-74(48-52-82(78)88)86(95-65-66-96-86)56-42-36-32-28-24-20-16-12-8-4/h45-52,67-70H,5-36,39-42,53-66H2,1-4H3. The average molecular weight is 1310 g/mol. The Bertz CT molecular complexity index is 2960. The zero-order chi connectivity index (χ0) is 66.4. The molecule has 4 aromatic carbocycles. The molecule has 0 bridgehead atoms. The smallest absolute Gasteiger partial charge is 0.195 e. The molecule has 4 aliphatic rings. The zero-order valence-electron chi connectivity index (χ0n) is 60.4. The highest BCUT2D eigenvalue weighted by Crippen LogP contribution is 2.46. The van der Waals surface area contributed by atoms with Crippen molar-refractivity contribution >= 4 is 43.6 Å². The summed E-state index contributed by atoms with van der Waals surface area (Å²) in [5.74, 6) is 10.7. The second kappa shape index (κ2) is 39.3.